The van der Waals surface area contributed by atoms with Crippen LogP contribution >= 0.6 is 0 Å². The summed E-state index contributed by atoms with van der Waals surface area (Å²) in [6.07, 6.45) is 3.21. The van der Waals surface area contributed by atoms with Crippen LogP contribution < -0.4 is 5.56 Å². The summed E-state index contributed by atoms with van der Waals surface area (Å²) in [4.78, 5) is 19.0. The quantitative estimate of drug-likeness (QED) is 0.670. The van der Waals surface area contributed by atoms with Crippen LogP contribution in [0.1, 0.15) is 75.5 Å². The van der Waals surface area contributed by atoms with E-state index in [1.807, 2.05) is 10.7 Å². The van der Waals surface area contributed by atoms with E-state index in [0.29, 0.717) is 11.5 Å². The van der Waals surface area contributed by atoms with Crippen LogP contribution in [0.25, 0.3) is 10.9 Å². The Labute approximate surface area is 183 Å². The number of H-pyrrole nitrogens is 1. The highest BCUT2D eigenvalue weighted by Crippen LogP contribution is 2.33. The number of pyridine rings is 1. The van der Waals surface area contributed by atoms with Crippen LogP contribution in [0.15, 0.2) is 23.0 Å². The molecule has 0 radical (unpaired) electrons. The van der Waals surface area contributed by atoms with Gasteiger partial charge in [0.25, 0.3) is 5.56 Å². The highest BCUT2D eigenvalue weighted by atomic mass is 16.1. The van der Waals surface area contributed by atoms with Gasteiger partial charge >= 0.3 is 0 Å². The predicted octanol–water partition coefficient (Wildman–Crippen LogP) is 4.10. The molecule has 0 aliphatic carbocycles. The minimum Gasteiger partial charge on any atom is -0.321 e. The number of aromatic amines is 1. The maximum Gasteiger partial charge on any atom is 0.253 e. The second-order valence-corrected chi connectivity index (χ2v) is 9.79. The largest absolute Gasteiger partial charge is 0.321 e. The van der Waals surface area contributed by atoms with Gasteiger partial charge in [0.05, 0.1) is 11.1 Å². The second-order valence-electron chi connectivity index (χ2n) is 9.79. The van der Waals surface area contributed by atoms with E-state index >= 15 is 0 Å². The Bertz CT molecular complexity index is 1140. The smallest absolute Gasteiger partial charge is 0.253 e. The van der Waals surface area contributed by atoms with E-state index in [1.165, 1.54) is 12.0 Å². The van der Waals surface area contributed by atoms with Crippen molar-refractivity contribution in [2.24, 2.45) is 5.92 Å². The zero-order chi connectivity index (χ0) is 22.3. The number of aryl methyl sites for hydroxylation is 2. The monoisotopic (exact) mass is 422 g/mol. The first kappa shape index (κ1) is 21.7. The van der Waals surface area contributed by atoms with Crippen molar-refractivity contribution in [3.8, 4) is 0 Å². The minimum absolute atomic E-state index is 0.0618. The number of nitrogens with one attached hydrogen (secondary N) is 1. The fraction of sp³-hybridized carbons (Fsp3) is 0.583. The summed E-state index contributed by atoms with van der Waals surface area (Å²) in [5, 5.41) is 13.9. The van der Waals surface area contributed by atoms with Crippen molar-refractivity contribution in [3.63, 3.8) is 0 Å². The van der Waals surface area contributed by atoms with Gasteiger partial charge in [-0.15, -0.1) is 5.10 Å². The Kier molecular flexibility index (Phi) is 5.73. The normalized spacial score (nSPS) is 19.1. The molecule has 1 fully saturated rings. The third-order valence-electron chi connectivity index (χ3n) is 7.10. The lowest BCUT2D eigenvalue weighted by Gasteiger charge is -2.37. The van der Waals surface area contributed by atoms with Crippen molar-refractivity contribution >= 4 is 10.9 Å². The van der Waals surface area contributed by atoms with Gasteiger partial charge in [-0.3, -0.25) is 9.69 Å². The lowest BCUT2D eigenvalue weighted by atomic mass is 9.94. The van der Waals surface area contributed by atoms with E-state index in [0.717, 1.165) is 48.2 Å². The summed E-state index contributed by atoms with van der Waals surface area (Å²) < 4.78 is 1.92. The standard InChI is InChI=1S/C24H34N6O/c1-7-24(5,6)30-22(26-27-28-30)21(29-12-8-9-15(2)14-29)19-13-18-11-10-16(3)17(4)20(18)25-23(19)31/h10-11,13,15,21H,7-9,12,14H2,1-6H3,(H,25,31). The zero-order valence-electron chi connectivity index (χ0n) is 19.6. The maximum absolute atomic E-state index is 13.4. The van der Waals surface area contributed by atoms with E-state index in [9.17, 15) is 4.79 Å². The topological polar surface area (TPSA) is 79.7 Å². The molecule has 3 heterocycles. The Hall–Kier alpha value is -2.54. The Morgan fingerprint density at radius 2 is 2.06 bits per heavy atom. The van der Waals surface area contributed by atoms with Crippen molar-refractivity contribution in [1.82, 2.24) is 30.1 Å². The molecule has 2 unspecified atom stereocenters. The fourth-order valence-corrected chi connectivity index (χ4v) is 4.65. The van der Waals surface area contributed by atoms with Crippen LogP contribution in [0.2, 0.25) is 0 Å². The molecule has 1 saturated heterocycles. The van der Waals surface area contributed by atoms with Crippen molar-refractivity contribution < 1.29 is 0 Å². The van der Waals surface area contributed by atoms with Gasteiger partial charge in [0.1, 0.15) is 6.04 Å². The predicted molar refractivity (Wildman–Crippen MR) is 123 cm³/mol. The molecule has 0 saturated carbocycles. The van der Waals surface area contributed by atoms with Gasteiger partial charge in [0.15, 0.2) is 5.82 Å². The summed E-state index contributed by atoms with van der Waals surface area (Å²) >= 11 is 0. The Morgan fingerprint density at radius 1 is 1.29 bits per heavy atom. The lowest BCUT2D eigenvalue weighted by molar-refractivity contribution is 0.135. The van der Waals surface area contributed by atoms with Crippen LogP contribution in [-0.4, -0.2) is 43.2 Å². The molecule has 1 aliphatic rings. The highest BCUT2D eigenvalue weighted by molar-refractivity contribution is 5.83. The van der Waals surface area contributed by atoms with Crippen molar-refractivity contribution in [3.05, 3.63) is 51.1 Å². The van der Waals surface area contributed by atoms with Crippen LogP contribution in [-0.2, 0) is 5.54 Å². The summed E-state index contributed by atoms with van der Waals surface area (Å²) in [5.74, 6) is 1.32. The summed E-state index contributed by atoms with van der Waals surface area (Å²) in [6, 6.07) is 5.97. The van der Waals surface area contributed by atoms with Crippen LogP contribution in [0, 0.1) is 19.8 Å². The zero-order valence-corrected chi connectivity index (χ0v) is 19.6. The first-order chi connectivity index (χ1) is 14.7. The maximum atomic E-state index is 13.4. The van der Waals surface area contributed by atoms with Gasteiger partial charge in [-0.05, 0) is 92.4 Å². The molecule has 31 heavy (non-hydrogen) atoms. The number of tetrazole rings is 1. The van der Waals surface area contributed by atoms with Gasteiger partial charge in [-0.25, -0.2) is 4.68 Å². The highest BCUT2D eigenvalue weighted by Gasteiger charge is 2.35. The number of fused-ring (bicyclic) bond motifs is 1. The van der Waals surface area contributed by atoms with E-state index < -0.39 is 0 Å². The first-order valence-corrected chi connectivity index (χ1v) is 11.4. The number of nitrogens with zero attached hydrogens (tertiary/aromatic N) is 5. The third-order valence-corrected chi connectivity index (χ3v) is 7.10. The molecule has 166 valence electrons. The Balaban J connectivity index is 1.93. The first-order valence-electron chi connectivity index (χ1n) is 11.4. The van der Waals surface area contributed by atoms with E-state index in [-0.39, 0.29) is 17.1 Å². The minimum atomic E-state index is -0.279. The molecular weight excluding hydrogens is 388 g/mol. The SMILES string of the molecule is CCC(C)(C)n1nnnc1C(c1cc2ccc(C)c(C)c2[nH]c1=O)N1CCCC(C)C1. The van der Waals surface area contributed by atoms with Gasteiger partial charge in [0, 0.05) is 12.1 Å². The molecule has 3 aromatic rings. The summed E-state index contributed by atoms with van der Waals surface area (Å²) in [7, 11) is 0. The second kappa shape index (κ2) is 8.19. The molecule has 1 aromatic carbocycles. The van der Waals surface area contributed by atoms with Gasteiger partial charge in [0.2, 0.25) is 0 Å². The van der Waals surface area contributed by atoms with Crippen LogP contribution in [0.5, 0.6) is 0 Å². The number of rotatable bonds is 5. The molecule has 1 N–H and O–H groups in total. The van der Waals surface area contributed by atoms with Crippen molar-refractivity contribution in [1.29, 1.82) is 0 Å². The van der Waals surface area contributed by atoms with Crippen molar-refractivity contribution in [2.75, 3.05) is 13.1 Å². The van der Waals surface area contributed by atoms with Gasteiger partial charge < -0.3 is 4.98 Å². The van der Waals surface area contributed by atoms with Gasteiger partial charge in [-0.1, -0.05) is 26.0 Å². The molecule has 0 amide bonds. The van der Waals surface area contributed by atoms with Crippen LogP contribution in [0.3, 0.4) is 0 Å². The molecule has 2 atom stereocenters. The van der Waals surface area contributed by atoms with Gasteiger partial charge in [-0.2, -0.15) is 0 Å². The number of likely N-dealkylation sites (tertiary alicyclic amines) is 1. The molecule has 2 aromatic heterocycles. The summed E-state index contributed by atoms with van der Waals surface area (Å²) in [6.45, 7) is 14.7. The number of piperidine rings is 1. The molecule has 7 heteroatoms. The average molecular weight is 423 g/mol. The average Bonchev–Trinajstić information content (AvgIpc) is 3.22. The molecule has 4 rings (SSSR count). The van der Waals surface area contributed by atoms with Crippen molar-refractivity contribution in [2.45, 2.75) is 72.4 Å². The number of aromatic nitrogens is 5. The molecule has 0 bridgehead atoms. The van der Waals surface area contributed by atoms with E-state index in [1.54, 1.807) is 0 Å². The lowest BCUT2D eigenvalue weighted by Crippen LogP contribution is -2.42. The van der Waals surface area contributed by atoms with E-state index in [4.69, 9.17) is 0 Å². The third kappa shape index (κ3) is 3.91. The van der Waals surface area contributed by atoms with Crippen LogP contribution in [0.4, 0.5) is 0 Å². The molecular formula is C24H34N6O. The fourth-order valence-electron chi connectivity index (χ4n) is 4.65. The summed E-state index contributed by atoms with van der Waals surface area (Å²) in [5.41, 5.74) is 3.61. The number of hydrogen-bond acceptors (Lipinski definition) is 5. The number of hydrogen-bond donors (Lipinski definition) is 1. The number of benzene rings is 1. The molecule has 7 nitrogen and oxygen atoms in total. The van der Waals surface area contributed by atoms with E-state index in [2.05, 4.69) is 79.1 Å². The molecule has 0 spiro atoms. The molecule has 1 aliphatic heterocycles. The Morgan fingerprint density at radius 3 is 2.77 bits per heavy atom.